The van der Waals surface area contributed by atoms with Gasteiger partial charge in [-0.15, -0.1) is 22.7 Å². The number of nitrogens with zero attached hydrogens (tertiary/aromatic N) is 3. The Bertz CT molecular complexity index is 2950. The van der Waals surface area contributed by atoms with Crippen LogP contribution >= 0.6 is 22.7 Å². The molecule has 10 N–H and O–H groups in total. The van der Waals surface area contributed by atoms with Crippen molar-refractivity contribution in [2.75, 3.05) is 56.6 Å². The molecule has 0 bridgehead atoms. The molecule has 3 heterocycles. The van der Waals surface area contributed by atoms with Crippen molar-refractivity contribution in [2.24, 2.45) is 0 Å². The van der Waals surface area contributed by atoms with Gasteiger partial charge in [0.15, 0.2) is 10.3 Å². The van der Waals surface area contributed by atoms with Gasteiger partial charge in [0.25, 0.3) is 11.8 Å². The van der Waals surface area contributed by atoms with E-state index in [0.717, 1.165) is 33.8 Å². The Kier molecular flexibility index (Phi) is 27.4. The van der Waals surface area contributed by atoms with E-state index < -0.39 is 77.7 Å². The van der Waals surface area contributed by atoms with Crippen LogP contribution in [0.5, 0.6) is 11.5 Å². The lowest BCUT2D eigenvalue weighted by atomic mass is 10.1. The zero-order valence-corrected chi connectivity index (χ0v) is 48.6. The number of amides is 9. The fourth-order valence-corrected chi connectivity index (χ4v) is 7.94. The van der Waals surface area contributed by atoms with Gasteiger partial charge in [-0.1, -0.05) is 42.5 Å². The molecule has 0 spiro atoms. The first kappa shape index (κ1) is 66.4. The number of aliphatic carboxylic acids is 1. The molecular formula is C54H70N12O15S2. The highest BCUT2D eigenvalue weighted by molar-refractivity contribution is 7.14. The normalized spacial score (nSPS) is 11.1. The number of benzene rings is 2. The third kappa shape index (κ3) is 27.3. The molecule has 448 valence electrons. The summed E-state index contributed by atoms with van der Waals surface area (Å²) in [7, 11) is 0. The maximum atomic E-state index is 12.6. The Labute approximate surface area is 487 Å². The van der Waals surface area contributed by atoms with E-state index in [2.05, 4.69) is 62.8 Å². The summed E-state index contributed by atoms with van der Waals surface area (Å²) in [6.07, 6.45) is 3.14. The molecule has 0 saturated carbocycles. The van der Waals surface area contributed by atoms with Crippen LogP contribution in [-0.4, -0.2) is 131 Å². The van der Waals surface area contributed by atoms with E-state index in [9.17, 15) is 43.2 Å². The van der Waals surface area contributed by atoms with Gasteiger partial charge in [-0.05, 0) is 85.1 Å². The average molecular weight is 1190 g/mol. The van der Waals surface area contributed by atoms with Crippen LogP contribution in [0.3, 0.4) is 0 Å². The van der Waals surface area contributed by atoms with Crippen molar-refractivity contribution in [2.45, 2.75) is 98.1 Å². The topological polar surface area (TPSA) is 367 Å². The fourth-order valence-electron chi connectivity index (χ4n) is 6.57. The molecule has 2 aromatic carbocycles. The first-order chi connectivity index (χ1) is 39.5. The summed E-state index contributed by atoms with van der Waals surface area (Å²) in [5.41, 5.74) is 0.978. The number of urea groups is 2. The van der Waals surface area contributed by atoms with Crippen molar-refractivity contribution in [3.8, 4) is 11.5 Å². The lowest BCUT2D eigenvalue weighted by Crippen LogP contribution is -2.39. The fraction of sp³-hybridized carbons (Fsp3) is 0.407. The van der Waals surface area contributed by atoms with E-state index in [1.165, 1.54) is 17.0 Å². The van der Waals surface area contributed by atoms with Crippen LogP contribution in [0.25, 0.3) is 0 Å². The highest BCUT2D eigenvalue weighted by Gasteiger charge is 2.22. The molecule has 0 radical (unpaired) electrons. The third-order valence-corrected chi connectivity index (χ3v) is 11.7. The number of carboxylic acids is 1. The summed E-state index contributed by atoms with van der Waals surface area (Å²) in [4.78, 5) is 120. The second-order valence-corrected chi connectivity index (χ2v) is 21.1. The highest BCUT2D eigenvalue weighted by Crippen LogP contribution is 2.22. The molecule has 0 fully saturated rings. The first-order valence-electron chi connectivity index (χ1n) is 26.0. The molecule has 83 heavy (non-hydrogen) atoms. The second-order valence-electron chi connectivity index (χ2n) is 19.3. The Hall–Kier alpha value is -9.12. The first-order valence-corrected chi connectivity index (χ1v) is 27.7. The maximum Gasteiger partial charge on any atom is 0.407 e. The number of carbonyl (C=O) groups excluding carboxylic acids is 8. The summed E-state index contributed by atoms with van der Waals surface area (Å²) in [6, 6.07) is 16.1. The summed E-state index contributed by atoms with van der Waals surface area (Å²) in [5, 5.41) is 35.1. The number of aromatic nitrogens is 3. The van der Waals surface area contributed by atoms with Crippen LogP contribution in [0.2, 0.25) is 0 Å². The molecule has 0 aliphatic rings. The molecule has 5 aromatic rings. The molecule has 9 amide bonds. The third-order valence-electron chi connectivity index (χ3n) is 10.1. The predicted octanol–water partition coefficient (Wildman–Crippen LogP) is 6.27. The van der Waals surface area contributed by atoms with Crippen LogP contribution in [0, 0.1) is 0 Å². The summed E-state index contributed by atoms with van der Waals surface area (Å²) < 4.78 is 27.0. The van der Waals surface area contributed by atoms with Crippen molar-refractivity contribution >= 4 is 86.8 Å². The van der Waals surface area contributed by atoms with E-state index in [-0.39, 0.29) is 54.3 Å². The second kappa shape index (κ2) is 34.2. The number of carboxylic acid groups (broad SMARTS) is 1. The molecular weight excluding hydrogens is 1120 g/mol. The number of thiazole rings is 2. The number of ether oxygens (including phenoxy) is 5. The maximum absolute atomic E-state index is 12.6. The molecule has 1 unspecified atom stereocenters. The minimum absolute atomic E-state index is 0.00598. The SMILES string of the molecule is CC(C)(C)OC(=O)NCCCOc1ccccc1CNC(=O)Nc1nc(C(=O)NCC(=O)O)cs1.CCOC(=O)CC(NC(=O)CNC(=O)c1csc(NC(=O)NCc2ccccc2OCCCNC(=O)OC(C)(C)C)n1)c1cccnc1. The Balaban J connectivity index is 0.000000375. The van der Waals surface area contributed by atoms with Gasteiger partial charge in [0.2, 0.25) is 5.91 Å². The Morgan fingerprint density at radius 3 is 1.54 bits per heavy atom. The molecule has 0 aliphatic heterocycles. The number of nitrogens with one attached hydrogen (secondary N) is 9. The quantitative estimate of drug-likeness (QED) is 0.0157. The van der Waals surface area contributed by atoms with Gasteiger partial charge in [-0.25, -0.2) is 29.1 Å². The number of anilines is 2. The van der Waals surface area contributed by atoms with E-state index in [1.54, 1.807) is 78.9 Å². The highest BCUT2D eigenvalue weighted by atomic mass is 32.1. The zero-order valence-electron chi connectivity index (χ0n) is 47.0. The lowest BCUT2D eigenvalue weighted by molar-refractivity contribution is -0.144. The molecule has 3 aromatic heterocycles. The standard InChI is InChI=1S/C32H41N7O8S.C22H29N5O7S/c1-5-45-27(41)16-23(21-11-8-13-33-17-21)37-26(40)19-35-28(42)24-20-48-30(38-24)39-29(43)36-18-22-10-6-7-12-25(22)46-15-9-14-34-31(44)47-32(2,3)4;1-22(2,3)34-21(32)23-9-6-10-33-16-8-5-4-7-14(16)11-25-19(31)27-20-26-15(13-35-20)18(30)24-12-17(28)29/h6-8,10-13,17,20,23H,5,9,14-16,18-19H2,1-4H3,(H,34,44)(H,35,42)(H,37,40)(H2,36,38,39,43);4-5,7-8,13H,6,9-12H2,1-3H3,(H,23,32)(H,24,30)(H,28,29)(H2,25,26,27,31). The van der Waals surface area contributed by atoms with Gasteiger partial charge in [-0.3, -0.25) is 39.6 Å². The van der Waals surface area contributed by atoms with Gasteiger partial charge in [0.1, 0.15) is 40.6 Å². The van der Waals surface area contributed by atoms with E-state index in [4.69, 9.17) is 28.8 Å². The van der Waals surface area contributed by atoms with Crippen LogP contribution in [0.15, 0.2) is 83.8 Å². The van der Waals surface area contributed by atoms with Gasteiger partial charge >= 0.3 is 36.2 Å². The number of hydrogen-bond donors (Lipinski definition) is 10. The van der Waals surface area contributed by atoms with Crippen LogP contribution < -0.4 is 57.3 Å². The average Bonchev–Trinajstić information content (AvgIpc) is 4.20. The Morgan fingerprint density at radius 1 is 0.614 bits per heavy atom. The van der Waals surface area contributed by atoms with Crippen molar-refractivity contribution in [1.29, 1.82) is 0 Å². The number of para-hydroxylation sites is 2. The van der Waals surface area contributed by atoms with Crippen LogP contribution in [-0.2, 0) is 41.7 Å². The number of carbonyl (C=O) groups is 9. The molecule has 5 rings (SSSR count). The number of alkyl carbamates (subject to hydrolysis) is 2. The van der Waals surface area contributed by atoms with Gasteiger partial charge in [0.05, 0.1) is 38.8 Å². The number of esters is 1. The largest absolute Gasteiger partial charge is 0.493 e. The minimum Gasteiger partial charge on any atom is -0.493 e. The van der Waals surface area contributed by atoms with Crippen LogP contribution in [0.1, 0.15) is 111 Å². The van der Waals surface area contributed by atoms with Crippen LogP contribution in [0.4, 0.5) is 29.4 Å². The van der Waals surface area contributed by atoms with Gasteiger partial charge in [-0.2, -0.15) is 0 Å². The zero-order chi connectivity index (χ0) is 60.8. The van der Waals surface area contributed by atoms with Crippen molar-refractivity contribution < 1.29 is 71.9 Å². The number of rotatable bonds is 27. The van der Waals surface area contributed by atoms with Crippen molar-refractivity contribution in [3.63, 3.8) is 0 Å². The number of pyridine rings is 1. The summed E-state index contributed by atoms with van der Waals surface area (Å²) in [6.45, 7) is 13.5. The van der Waals surface area contributed by atoms with E-state index >= 15 is 0 Å². The Morgan fingerprint density at radius 2 is 1.10 bits per heavy atom. The van der Waals surface area contributed by atoms with E-state index in [1.807, 2.05) is 36.4 Å². The molecule has 1 atom stereocenters. The minimum atomic E-state index is -1.17. The monoisotopic (exact) mass is 1190 g/mol. The van der Waals surface area contributed by atoms with Crippen molar-refractivity contribution in [3.05, 3.63) is 112 Å². The number of hydrogen-bond acceptors (Lipinski definition) is 19. The van der Waals surface area contributed by atoms with Gasteiger partial charge < -0.3 is 66.0 Å². The van der Waals surface area contributed by atoms with Gasteiger partial charge in [0, 0.05) is 60.5 Å². The lowest BCUT2D eigenvalue weighted by Gasteiger charge is -2.19. The summed E-state index contributed by atoms with van der Waals surface area (Å²) >= 11 is 2.07. The molecule has 27 nitrogen and oxygen atoms in total. The van der Waals surface area contributed by atoms with E-state index in [0.29, 0.717) is 56.2 Å². The molecule has 0 aliphatic carbocycles. The smallest absolute Gasteiger partial charge is 0.407 e. The van der Waals surface area contributed by atoms with Crippen molar-refractivity contribution in [1.82, 2.24) is 52.2 Å². The molecule has 29 heteroatoms. The predicted molar refractivity (Wildman–Crippen MR) is 306 cm³/mol. The molecule has 0 saturated heterocycles. The summed E-state index contributed by atoms with van der Waals surface area (Å²) in [5.74, 6) is -2.28.